The molecule has 0 aromatic heterocycles. The summed E-state index contributed by atoms with van der Waals surface area (Å²) < 4.78 is 0. The van der Waals surface area contributed by atoms with Crippen molar-refractivity contribution >= 4 is 0 Å². The fourth-order valence-electron chi connectivity index (χ4n) is 1.60. The minimum absolute atomic E-state index is 0.813. The molecule has 0 heterocycles. The van der Waals surface area contributed by atoms with Gasteiger partial charge in [-0.25, -0.2) is 0 Å². The van der Waals surface area contributed by atoms with Gasteiger partial charge in [0, 0.05) is 6.42 Å². The Bertz CT molecular complexity index is 304. The summed E-state index contributed by atoms with van der Waals surface area (Å²) in [6.07, 6.45) is 12.3. The van der Waals surface area contributed by atoms with E-state index in [2.05, 4.69) is 37.1 Å². The van der Waals surface area contributed by atoms with Gasteiger partial charge in [0.25, 0.3) is 0 Å². The maximum absolute atomic E-state index is 6.79. The first-order valence-electron chi connectivity index (χ1n) is 5.28. The predicted octanol–water partition coefficient (Wildman–Crippen LogP) is 3.69. The molecule has 0 bridgehead atoms. The topological polar surface area (TPSA) is 0 Å². The van der Waals surface area contributed by atoms with E-state index in [9.17, 15) is 0 Å². The molecule has 0 aliphatic carbocycles. The van der Waals surface area contributed by atoms with Crippen LogP contribution < -0.4 is 0 Å². The average Bonchev–Trinajstić information content (AvgIpc) is 2.20. The minimum atomic E-state index is 0.813. The molecule has 0 aliphatic rings. The Balaban J connectivity index is 2.25. The van der Waals surface area contributed by atoms with E-state index in [1.54, 1.807) is 0 Å². The van der Waals surface area contributed by atoms with Crippen LogP contribution in [0, 0.1) is 19.3 Å². The highest BCUT2D eigenvalue weighted by atomic mass is 14.0. The Hall–Kier alpha value is -1.22. The molecule has 73 valence electrons. The summed E-state index contributed by atoms with van der Waals surface area (Å²) in [5, 5.41) is 0. The van der Waals surface area contributed by atoms with Gasteiger partial charge < -0.3 is 0 Å². The molecular formula is C14H17. The van der Waals surface area contributed by atoms with Gasteiger partial charge in [-0.2, -0.15) is 0 Å². The molecule has 0 fully saturated rings. The van der Waals surface area contributed by atoms with E-state index in [0.717, 1.165) is 12.8 Å². The minimum Gasteiger partial charge on any atom is -0.0891 e. The molecule has 0 saturated heterocycles. The van der Waals surface area contributed by atoms with Gasteiger partial charge in [0.05, 0.1) is 0 Å². The van der Waals surface area contributed by atoms with Crippen molar-refractivity contribution in [3.63, 3.8) is 0 Å². The Morgan fingerprint density at radius 3 is 2.64 bits per heavy atom. The van der Waals surface area contributed by atoms with Crippen LogP contribution in [0.3, 0.4) is 0 Å². The zero-order chi connectivity index (χ0) is 10.2. The molecule has 0 heteroatoms. The lowest BCUT2D eigenvalue weighted by atomic mass is 10.0. The largest absolute Gasteiger partial charge is 0.0891 e. The van der Waals surface area contributed by atoms with Crippen LogP contribution in [0.25, 0.3) is 0 Å². The monoisotopic (exact) mass is 185 g/mol. The van der Waals surface area contributed by atoms with E-state index in [4.69, 9.17) is 6.42 Å². The van der Waals surface area contributed by atoms with E-state index in [1.165, 1.54) is 30.4 Å². The van der Waals surface area contributed by atoms with Crippen molar-refractivity contribution in [2.45, 2.75) is 39.0 Å². The van der Waals surface area contributed by atoms with Crippen molar-refractivity contribution in [2.75, 3.05) is 0 Å². The lowest BCUT2D eigenvalue weighted by molar-refractivity contribution is 0.691. The van der Waals surface area contributed by atoms with Crippen LogP contribution in [-0.2, 0) is 6.42 Å². The molecule has 0 atom stereocenters. The average molecular weight is 185 g/mol. The summed E-state index contributed by atoms with van der Waals surface area (Å²) in [6.45, 7) is 2.17. The van der Waals surface area contributed by atoms with Gasteiger partial charge in [-0.1, -0.05) is 36.6 Å². The highest BCUT2D eigenvalue weighted by Gasteiger charge is 1.96. The first-order valence-corrected chi connectivity index (χ1v) is 5.28. The van der Waals surface area contributed by atoms with Crippen molar-refractivity contribution in [2.24, 2.45) is 0 Å². The quantitative estimate of drug-likeness (QED) is 0.485. The van der Waals surface area contributed by atoms with Gasteiger partial charge in [-0.15, -0.1) is 0 Å². The SMILES string of the molecule is [C]#CCCCCCc1ccccc1C. The van der Waals surface area contributed by atoms with Crippen molar-refractivity contribution in [1.29, 1.82) is 0 Å². The van der Waals surface area contributed by atoms with Gasteiger partial charge in [0.1, 0.15) is 0 Å². The fourth-order valence-corrected chi connectivity index (χ4v) is 1.60. The standard InChI is InChI=1S/C14H17/c1-3-4-5-6-7-11-14-12-9-8-10-13(14)2/h8-10,12H,4-7,11H2,2H3. The molecule has 0 aliphatic heterocycles. The molecule has 1 rings (SSSR count). The Morgan fingerprint density at radius 2 is 1.93 bits per heavy atom. The smallest absolute Gasteiger partial charge is 0.00989 e. The Kier molecular flexibility index (Phi) is 4.86. The van der Waals surface area contributed by atoms with Crippen LogP contribution in [0.1, 0.15) is 36.8 Å². The van der Waals surface area contributed by atoms with Gasteiger partial charge in [0.2, 0.25) is 0 Å². The third-order valence-electron chi connectivity index (χ3n) is 2.51. The molecule has 0 spiro atoms. The highest BCUT2D eigenvalue weighted by Crippen LogP contribution is 2.11. The second-order valence-electron chi connectivity index (χ2n) is 3.66. The van der Waals surface area contributed by atoms with Crippen molar-refractivity contribution in [3.05, 3.63) is 41.8 Å². The zero-order valence-corrected chi connectivity index (χ0v) is 8.84. The molecule has 1 aromatic rings. The Morgan fingerprint density at radius 1 is 1.14 bits per heavy atom. The number of hydrogen-bond donors (Lipinski definition) is 0. The van der Waals surface area contributed by atoms with Crippen LogP contribution in [-0.4, -0.2) is 0 Å². The number of hydrogen-bond acceptors (Lipinski definition) is 0. The maximum Gasteiger partial charge on any atom is 0.00989 e. The lowest BCUT2D eigenvalue weighted by Gasteiger charge is -2.04. The van der Waals surface area contributed by atoms with Crippen molar-refractivity contribution < 1.29 is 0 Å². The molecular weight excluding hydrogens is 168 g/mol. The van der Waals surface area contributed by atoms with Crippen molar-refractivity contribution in [1.82, 2.24) is 0 Å². The summed E-state index contributed by atoms with van der Waals surface area (Å²) in [4.78, 5) is 0. The van der Waals surface area contributed by atoms with Gasteiger partial charge in [-0.3, -0.25) is 0 Å². The van der Waals surface area contributed by atoms with Crippen LogP contribution in [0.2, 0.25) is 0 Å². The number of benzene rings is 1. The van der Waals surface area contributed by atoms with Gasteiger partial charge >= 0.3 is 0 Å². The predicted molar refractivity (Wildman–Crippen MR) is 60.5 cm³/mol. The fraction of sp³-hybridized carbons (Fsp3) is 0.429. The number of aryl methyl sites for hydroxylation is 2. The molecule has 0 nitrogen and oxygen atoms in total. The molecule has 1 aromatic carbocycles. The molecule has 1 radical (unpaired) electrons. The summed E-state index contributed by atoms with van der Waals surface area (Å²) in [5.41, 5.74) is 2.86. The summed E-state index contributed by atoms with van der Waals surface area (Å²) in [5.74, 6) is 2.43. The summed E-state index contributed by atoms with van der Waals surface area (Å²) in [7, 11) is 0. The van der Waals surface area contributed by atoms with Crippen LogP contribution in [0.5, 0.6) is 0 Å². The third-order valence-corrected chi connectivity index (χ3v) is 2.51. The summed E-state index contributed by atoms with van der Waals surface area (Å²) in [6, 6.07) is 8.56. The molecule has 0 saturated carbocycles. The van der Waals surface area contributed by atoms with Crippen LogP contribution in [0.15, 0.2) is 24.3 Å². The first kappa shape index (κ1) is 10.9. The highest BCUT2D eigenvalue weighted by molar-refractivity contribution is 5.25. The van der Waals surface area contributed by atoms with E-state index in [-0.39, 0.29) is 0 Å². The van der Waals surface area contributed by atoms with Gasteiger partial charge in [-0.05, 0) is 43.7 Å². The van der Waals surface area contributed by atoms with E-state index >= 15 is 0 Å². The molecule has 14 heavy (non-hydrogen) atoms. The maximum atomic E-state index is 6.79. The Labute approximate surface area is 87.4 Å². The van der Waals surface area contributed by atoms with Crippen LogP contribution in [0.4, 0.5) is 0 Å². The van der Waals surface area contributed by atoms with E-state index < -0.39 is 0 Å². The second kappa shape index (κ2) is 6.27. The lowest BCUT2D eigenvalue weighted by Crippen LogP contribution is -1.89. The second-order valence-corrected chi connectivity index (χ2v) is 3.66. The summed E-state index contributed by atoms with van der Waals surface area (Å²) >= 11 is 0. The van der Waals surface area contributed by atoms with E-state index in [0.29, 0.717) is 0 Å². The normalized spacial score (nSPS) is 9.71. The first-order chi connectivity index (χ1) is 6.84. The zero-order valence-electron chi connectivity index (χ0n) is 8.84. The molecule has 0 N–H and O–H groups in total. The molecule has 0 unspecified atom stereocenters. The molecule has 0 amide bonds. The van der Waals surface area contributed by atoms with Crippen LogP contribution >= 0.6 is 0 Å². The third kappa shape index (κ3) is 3.66. The number of unbranched alkanes of at least 4 members (excludes halogenated alkanes) is 3. The van der Waals surface area contributed by atoms with Gasteiger partial charge in [0.15, 0.2) is 0 Å². The number of rotatable bonds is 5. The van der Waals surface area contributed by atoms with E-state index in [1.807, 2.05) is 0 Å². The van der Waals surface area contributed by atoms with Crippen molar-refractivity contribution in [3.8, 4) is 5.92 Å².